The number of aliphatic hydroxyl groups is 1. The lowest BCUT2D eigenvalue weighted by molar-refractivity contribution is -0.0697. The third-order valence-electron chi connectivity index (χ3n) is 12.0. The standard InChI is InChI=1S/C41H51F2N5O6/c1-24-16-26(17-25(2)54-24)20-47-13-7-12-41(11-6-10-31(41)47)23-53-39-45-36-33(37(46-39)48-14-15-52-22-40(3,50)21-48)38(51-4)44-35(34(36)43)29-19-28(49)18-27-8-5-9-30(42)32(27)29/h5,8-9,18-19,24-26,31,49-50H,6-7,10-17,20-23H2,1-4H3. The summed E-state index contributed by atoms with van der Waals surface area (Å²) in [6.45, 7) is 9.40. The van der Waals surface area contributed by atoms with Gasteiger partial charge < -0.3 is 34.1 Å². The Balaban J connectivity index is 1.20. The minimum atomic E-state index is -1.23. The number of piperidine rings is 1. The summed E-state index contributed by atoms with van der Waals surface area (Å²) in [4.78, 5) is 18.7. The first kappa shape index (κ1) is 37.0. The Bertz CT molecular complexity index is 2020. The molecule has 13 heteroatoms. The van der Waals surface area contributed by atoms with Crippen molar-refractivity contribution in [3.63, 3.8) is 0 Å². The van der Waals surface area contributed by atoms with Gasteiger partial charge in [-0.2, -0.15) is 9.97 Å². The van der Waals surface area contributed by atoms with Crippen molar-refractivity contribution in [1.82, 2.24) is 19.9 Å². The summed E-state index contributed by atoms with van der Waals surface area (Å²) in [5.74, 6) is -0.719. The molecule has 0 radical (unpaired) electrons. The molecule has 0 spiro atoms. The molecule has 0 bridgehead atoms. The van der Waals surface area contributed by atoms with Crippen LogP contribution in [0.25, 0.3) is 32.9 Å². The average Bonchev–Trinajstić information content (AvgIpc) is 3.48. The molecule has 11 nitrogen and oxygen atoms in total. The van der Waals surface area contributed by atoms with E-state index in [0.717, 1.165) is 58.0 Å². The Labute approximate surface area is 314 Å². The van der Waals surface area contributed by atoms with Crippen LogP contribution < -0.4 is 14.4 Å². The number of β-amino-alcohol motifs (C(OH)–C–C–N with tert-alkyl or cyclic N) is 1. The van der Waals surface area contributed by atoms with Crippen LogP contribution in [0.15, 0.2) is 30.3 Å². The second kappa shape index (κ2) is 14.6. The molecule has 2 aromatic heterocycles. The predicted octanol–water partition coefficient (Wildman–Crippen LogP) is 6.64. The number of phenolic OH excluding ortho intramolecular Hbond substituents is 1. The van der Waals surface area contributed by atoms with Crippen molar-refractivity contribution in [3.8, 4) is 28.9 Å². The number of pyridine rings is 1. The van der Waals surface area contributed by atoms with Crippen molar-refractivity contribution in [1.29, 1.82) is 0 Å². The van der Waals surface area contributed by atoms with Gasteiger partial charge in [0.1, 0.15) is 39.6 Å². The quantitative estimate of drug-likeness (QED) is 0.202. The topological polar surface area (TPSA) is 123 Å². The van der Waals surface area contributed by atoms with Crippen LogP contribution in [0.4, 0.5) is 14.6 Å². The number of aromatic hydroxyl groups is 1. The predicted molar refractivity (Wildman–Crippen MR) is 201 cm³/mol. The second-order valence-corrected chi connectivity index (χ2v) is 16.4. The van der Waals surface area contributed by atoms with Gasteiger partial charge in [0, 0.05) is 35.5 Å². The minimum Gasteiger partial charge on any atom is -0.508 e. The zero-order valence-corrected chi connectivity index (χ0v) is 31.6. The van der Waals surface area contributed by atoms with Crippen LogP contribution in [-0.4, -0.2) is 107 Å². The largest absolute Gasteiger partial charge is 0.508 e. The van der Waals surface area contributed by atoms with E-state index in [1.165, 1.54) is 31.4 Å². The van der Waals surface area contributed by atoms with Crippen LogP contribution in [0.2, 0.25) is 0 Å². The molecule has 5 atom stereocenters. The van der Waals surface area contributed by atoms with Gasteiger partial charge in [-0.15, -0.1) is 0 Å². The molecule has 2 aromatic carbocycles. The summed E-state index contributed by atoms with van der Waals surface area (Å²) in [6, 6.07) is 7.52. The Morgan fingerprint density at radius 2 is 1.81 bits per heavy atom. The summed E-state index contributed by atoms with van der Waals surface area (Å²) < 4.78 is 56.7. The van der Waals surface area contributed by atoms with E-state index in [0.29, 0.717) is 37.1 Å². The molecule has 8 rings (SSSR count). The van der Waals surface area contributed by atoms with Crippen LogP contribution in [0.5, 0.6) is 17.6 Å². The van der Waals surface area contributed by atoms with Crippen LogP contribution in [0, 0.1) is 23.0 Å². The van der Waals surface area contributed by atoms with Crippen LogP contribution in [0.1, 0.15) is 65.7 Å². The number of rotatable bonds is 8. The molecule has 1 aliphatic carbocycles. The molecule has 4 aromatic rings. The van der Waals surface area contributed by atoms with Crippen LogP contribution in [0.3, 0.4) is 0 Å². The number of nitrogens with zero attached hydrogens (tertiary/aromatic N) is 5. The highest BCUT2D eigenvalue weighted by molar-refractivity contribution is 6.02. The Hall–Kier alpha value is -3.91. The highest BCUT2D eigenvalue weighted by Crippen LogP contribution is 2.49. The lowest BCUT2D eigenvalue weighted by Gasteiger charge is -2.48. The third-order valence-corrected chi connectivity index (χ3v) is 12.0. The fourth-order valence-corrected chi connectivity index (χ4v) is 9.92. The summed E-state index contributed by atoms with van der Waals surface area (Å²) in [6.07, 6.45) is 7.97. The molecule has 5 unspecified atom stereocenters. The van der Waals surface area contributed by atoms with Crippen molar-refractivity contribution in [2.75, 3.05) is 58.0 Å². The van der Waals surface area contributed by atoms with Gasteiger partial charge in [-0.25, -0.2) is 13.8 Å². The summed E-state index contributed by atoms with van der Waals surface area (Å²) in [5, 5.41) is 22.5. The Kier molecular flexibility index (Phi) is 10.0. The molecular formula is C41H51F2N5O6. The molecule has 290 valence electrons. The van der Waals surface area contributed by atoms with Crippen molar-refractivity contribution in [2.24, 2.45) is 11.3 Å². The SMILES string of the molecule is COc1nc(-c2cc(O)cc3cccc(F)c23)c(F)c2nc(OCC34CCCC3N(CC3CC(C)OC(C)C3)CCC4)nc(N3CCOCC(C)(O)C3)c12. The molecule has 5 heterocycles. The lowest BCUT2D eigenvalue weighted by atomic mass is 9.75. The molecule has 0 amide bonds. The molecule has 4 fully saturated rings. The first-order valence-corrected chi connectivity index (χ1v) is 19.4. The fraction of sp³-hybridized carbons (Fsp3) is 0.585. The van der Waals surface area contributed by atoms with Crippen molar-refractivity contribution >= 4 is 27.5 Å². The monoisotopic (exact) mass is 747 g/mol. The number of methoxy groups -OCH3 is 1. The van der Waals surface area contributed by atoms with Gasteiger partial charge in [-0.1, -0.05) is 18.6 Å². The average molecular weight is 748 g/mol. The van der Waals surface area contributed by atoms with E-state index in [-0.39, 0.29) is 81.8 Å². The van der Waals surface area contributed by atoms with Crippen molar-refractivity contribution in [3.05, 3.63) is 42.0 Å². The van der Waals surface area contributed by atoms with Gasteiger partial charge in [0.05, 0.1) is 45.7 Å². The van der Waals surface area contributed by atoms with Gasteiger partial charge in [-0.05, 0) is 95.3 Å². The number of hydrogen-bond donors (Lipinski definition) is 2. The number of likely N-dealkylation sites (tertiary alicyclic amines) is 1. The highest BCUT2D eigenvalue weighted by Gasteiger charge is 2.49. The van der Waals surface area contributed by atoms with Crippen LogP contribution in [-0.2, 0) is 9.47 Å². The smallest absolute Gasteiger partial charge is 0.319 e. The lowest BCUT2D eigenvalue weighted by Crippen LogP contribution is -2.53. The van der Waals surface area contributed by atoms with E-state index in [2.05, 4.69) is 23.7 Å². The normalized spacial score (nSPS) is 29.4. The van der Waals surface area contributed by atoms with E-state index < -0.39 is 17.2 Å². The summed E-state index contributed by atoms with van der Waals surface area (Å²) in [5.41, 5.74) is -1.63. The fourth-order valence-electron chi connectivity index (χ4n) is 9.92. The number of hydrogen-bond acceptors (Lipinski definition) is 11. The first-order valence-electron chi connectivity index (χ1n) is 19.4. The third kappa shape index (κ3) is 7.04. The maximum Gasteiger partial charge on any atom is 0.319 e. The summed E-state index contributed by atoms with van der Waals surface area (Å²) in [7, 11) is 1.41. The maximum atomic E-state index is 17.2. The zero-order valence-electron chi connectivity index (χ0n) is 31.6. The minimum absolute atomic E-state index is 0.00316. The summed E-state index contributed by atoms with van der Waals surface area (Å²) >= 11 is 0. The van der Waals surface area contributed by atoms with Crippen molar-refractivity contribution < 1.29 is 37.9 Å². The number of benzene rings is 2. The number of halogens is 2. The molecule has 1 saturated carbocycles. The van der Waals surface area contributed by atoms with E-state index in [1.807, 2.05) is 4.90 Å². The molecular weight excluding hydrogens is 696 g/mol. The Morgan fingerprint density at radius 1 is 1.02 bits per heavy atom. The molecule has 54 heavy (non-hydrogen) atoms. The van der Waals surface area contributed by atoms with Gasteiger partial charge in [0.15, 0.2) is 5.82 Å². The van der Waals surface area contributed by atoms with Crippen molar-refractivity contribution in [2.45, 2.75) is 89.6 Å². The number of ether oxygens (including phenoxy) is 4. The number of fused-ring (bicyclic) bond motifs is 3. The number of aromatic nitrogens is 3. The van der Waals surface area contributed by atoms with Crippen LogP contribution >= 0.6 is 0 Å². The highest BCUT2D eigenvalue weighted by atomic mass is 19.1. The van der Waals surface area contributed by atoms with Gasteiger partial charge >= 0.3 is 6.01 Å². The van der Waals surface area contributed by atoms with E-state index in [9.17, 15) is 10.2 Å². The van der Waals surface area contributed by atoms with E-state index in [4.69, 9.17) is 28.9 Å². The zero-order chi connectivity index (χ0) is 37.8. The van der Waals surface area contributed by atoms with Gasteiger partial charge in [0.2, 0.25) is 5.88 Å². The first-order chi connectivity index (χ1) is 25.9. The van der Waals surface area contributed by atoms with Gasteiger partial charge in [-0.3, -0.25) is 4.90 Å². The van der Waals surface area contributed by atoms with E-state index in [1.54, 1.807) is 13.0 Å². The maximum absolute atomic E-state index is 17.2. The second-order valence-electron chi connectivity index (χ2n) is 16.4. The number of anilines is 1. The number of phenols is 1. The van der Waals surface area contributed by atoms with E-state index >= 15 is 8.78 Å². The Morgan fingerprint density at radius 3 is 2.61 bits per heavy atom. The molecule has 4 aliphatic rings. The molecule has 3 saturated heterocycles. The van der Waals surface area contributed by atoms with Gasteiger partial charge in [0.25, 0.3) is 0 Å². The molecule has 3 aliphatic heterocycles. The molecule has 2 N–H and O–H groups in total.